The zero-order valence-corrected chi connectivity index (χ0v) is 19.3. The first-order chi connectivity index (χ1) is 14.9. The fourth-order valence-electron chi connectivity index (χ4n) is 3.27. The van der Waals surface area contributed by atoms with E-state index in [0.717, 1.165) is 35.2 Å². The molecule has 0 unspecified atom stereocenters. The summed E-state index contributed by atoms with van der Waals surface area (Å²) in [6.07, 6.45) is 0.881. The number of aromatic nitrogens is 1. The number of pyridine rings is 1. The van der Waals surface area contributed by atoms with Gasteiger partial charge in [0.05, 0.1) is 17.3 Å². The highest BCUT2D eigenvalue weighted by Crippen LogP contribution is 2.36. The second-order valence-corrected chi connectivity index (χ2v) is 8.08. The molecule has 3 aromatic rings. The Kier molecular flexibility index (Phi) is 7.91. The fraction of sp³-hybridized carbons (Fsp3) is 0.250. The molecule has 0 radical (unpaired) electrons. The first kappa shape index (κ1) is 23.1. The van der Waals surface area contributed by atoms with Gasteiger partial charge in [0.2, 0.25) is 0 Å². The summed E-state index contributed by atoms with van der Waals surface area (Å²) in [5, 5.41) is 0.528. The Morgan fingerprint density at radius 2 is 1.87 bits per heavy atom. The summed E-state index contributed by atoms with van der Waals surface area (Å²) in [6.45, 7) is 3.51. The van der Waals surface area contributed by atoms with E-state index in [9.17, 15) is 4.79 Å². The van der Waals surface area contributed by atoms with E-state index in [2.05, 4.69) is 14.7 Å². The van der Waals surface area contributed by atoms with Crippen molar-refractivity contribution in [3.05, 3.63) is 70.9 Å². The Bertz CT molecular complexity index is 1070. The quantitative estimate of drug-likeness (QED) is 0.353. The Balaban J connectivity index is 2.04. The maximum Gasteiger partial charge on any atom is 0.284 e. The third kappa shape index (κ3) is 5.76. The van der Waals surface area contributed by atoms with E-state index in [1.54, 1.807) is 12.1 Å². The zero-order chi connectivity index (χ0) is 22.4. The summed E-state index contributed by atoms with van der Waals surface area (Å²) >= 11 is 11.9. The van der Waals surface area contributed by atoms with Crippen LogP contribution in [0.15, 0.2) is 54.6 Å². The van der Waals surface area contributed by atoms with Gasteiger partial charge < -0.3 is 9.64 Å². The third-order valence-electron chi connectivity index (χ3n) is 4.86. The van der Waals surface area contributed by atoms with Crippen LogP contribution in [0.5, 0.6) is 5.75 Å². The number of hydrogen-bond acceptors (Lipinski definition) is 4. The molecule has 1 N–H and O–H groups in total. The lowest BCUT2D eigenvalue weighted by Crippen LogP contribution is -2.15. The molecule has 2 aromatic carbocycles. The minimum atomic E-state index is -0.464. The van der Waals surface area contributed by atoms with Gasteiger partial charge in [0.1, 0.15) is 11.4 Å². The number of ether oxygens (including phenoxy) is 1. The maximum absolute atomic E-state index is 12.1. The van der Waals surface area contributed by atoms with Gasteiger partial charge in [-0.15, -0.1) is 0 Å². The first-order valence-corrected chi connectivity index (χ1v) is 10.7. The molecular weight excluding hydrogens is 433 g/mol. The molecule has 0 saturated carbocycles. The molecule has 7 heteroatoms. The summed E-state index contributed by atoms with van der Waals surface area (Å²) in [7, 11) is 4.05. The predicted octanol–water partition coefficient (Wildman–Crippen LogP) is 5.59. The van der Waals surface area contributed by atoms with Crippen molar-refractivity contribution < 1.29 is 9.53 Å². The smallest absolute Gasteiger partial charge is 0.284 e. The average molecular weight is 458 g/mol. The second kappa shape index (κ2) is 10.6. The van der Waals surface area contributed by atoms with Crippen molar-refractivity contribution in [2.75, 3.05) is 27.2 Å². The molecule has 3 rings (SSSR count). The Morgan fingerprint density at radius 1 is 1.10 bits per heavy atom. The number of aryl methyl sites for hydroxylation is 1. The van der Waals surface area contributed by atoms with Crippen molar-refractivity contribution in [2.24, 2.45) is 0 Å². The molecule has 0 spiro atoms. The van der Waals surface area contributed by atoms with Crippen LogP contribution in [-0.4, -0.2) is 43.0 Å². The largest absolute Gasteiger partial charge is 0.492 e. The lowest BCUT2D eigenvalue weighted by Gasteiger charge is -2.15. The van der Waals surface area contributed by atoms with E-state index in [1.165, 1.54) is 0 Å². The summed E-state index contributed by atoms with van der Waals surface area (Å²) in [5.41, 5.74) is 4.73. The Morgan fingerprint density at radius 3 is 2.58 bits per heavy atom. The molecule has 0 saturated heterocycles. The van der Waals surface area contributed by atoms with Crippen molar-refractivity contribution in [3.8, 4) is 28.1 Å². The normalized spacial score (nSPS) is 10.9. The molecular formula is C24H25Cl2N3O2. The molecule has 1 amide bonds. The highest BCUT2D eigenvalue weighted by molar-refractivity contribution is 6.32. The van der Waals surface area contributed by atoms with Crippen LogP contribution >= 0.6 is 23.4 Å². The second-order valence-electron chi connectivity index (χ2n) is 7.48. The van der Waals surface area contributed by atoms with Gasteiger partial charge in [-0.05, 0) is 62.8 Å². The minimum Gasteiger partial charge on any atom is -0.492 e. The number of rotatable bonds is 8. The maximum atomic E-state index is 12.1. The number of carbonyl (C=O) groups excluding carboxylic acids is 1. The molecule has 1 heterocycles. The number of hydrogen-bond donors (Lipinski definition) is 1. The van der Waals surface area contributed by atoms with Gasteiger partial charge in [-0.25, -0.2) is 4.98 Å². The Hall–Kier alpha value is -2.60. The number of carbonyl (C=O) groups is 1. The molecule has 0 aliphatic carbocycles. The predicted molar refractivity (Wildman–Crippen MR) is 127 cm³/mol. The van der Waals surface area contributed by atoms with Crippen molar-refractivity contribution in [1.82, 2.24) is 14.7 Å². The van der Waals surface area contributed by atoms with Crippen LogP contribution in [-0.2, 0) is 0 Å². The van der Waals surface area contributed by atoms with E-state index in [1.807, 2.05) is 63.5 Å². The number of halogens is 2. The molecule has 1 aromatic heterocycles. The topological polar surface area (TPSA) is 54.5 Å². The summed E-state index contributed by atoms with van der Waals surface area (Å²) < 4.78 is 5.93. The van der Waals surface area contributed by atoms with Crippen LogP contribution in [0, 0.1) is 6.92 Å². The van der Waals surface area contributed by atoms with Crippen LogP contribution in [0.25, 0.3) is 22.4 Å². The molecule has 0 aliphatic rings. The standard InChI is InChI=1S/C24H25Cl2N3O2/c1-16-7-4-5-8-18(16)19-10-12-21(24(30)28-26)27-23(19)17-9-11-20(25)22(15-17)31-14-6-13-29(2)3/h4-5,7-12,15H,6,13-14H2,1-3H3,(H,28,30). The van der Waals surface area contributed by atoms with Crippen LogP contribution < -0.4 is 9.57 Å². The van der Waals surface area contributed by atoms with E-state index >= 15 is 0 Å². The minimum absolute atomic E-state index is 0.228. The highest BCUT2D eigenvalue weighted by atomic mass is 35.5. The summed E-state index contributed by atoms with van der Waals surface area (Å²) in [6, 6.07) is 17.1. The average Bonchev–Trinajstić information content (AvgIpc) is 2.77. The van der Waals surface area contributed by atoms with E-state index < -0.39 is 5.91 Å². The van der Waals surface area contributed by atoms with Crippen molar-refractivity contribution in [3.63, 3.8) is 0 Å². The van der Waals surface area contributed by atoms with Crippen molar-refractivity contribution in [1.29, 1.82) is 0 Å². The van der Waals surface area contributed by atoms with Gasteiger partial charge in [-0.3, -0.25) is 9.63 Å². The molecule has 5 nitrogen and oxygen atoms in total. The Labute approximate surface area is 193 Å². The van der Waals surface area contributed by atoms with E-state index in [-0.39, 0.29) is 5.69 Å². The van der Waals surface area contributed by atoms with Crippen molar-refractivity contribution >= 4 is 29.3 Å². The number of nitrogens with one attached hydrogen (secondary N) is 1. The van der Waals surface area contributed by atoms with Gasteiger partial charge in [0.15, 0.2) is 0 Å². The van der Waals surface area contributed by atoms with E-state index in [4.69, 9.17) is 28.1 Å². The monoisotopic (exact) mass is 457 g/mol. The van der Waals surface area contributed by atoms with Crippen LogP contribution in [0.1, 0.15) is 22.5 Å². The third-order valence-corrected chi connectivity index (χ3v) is 5.34. The lowest BCUT2D eigenvalue weighted by molar-refractivity contribution is 0.0977. The fourth-order valence-corrected chi connectivity index (χ4v) is 3.54. The highest BCUT2D eigenvalue weighted by Gasteiger charge is 2.16. The SMILES string of the molecule is Cc1ccccc1-c1ccc(C(=O)NCl)nc1-c1ccc(Cl)c(OCCCN(C)C)c1. The van der Waals surface area contributed by atoms with Crippen LogP contribution in [0.4, 0.5) is 0 Å². The number of amides is 1. The summed E-state index contributed by atoms with van der Waals surface area (Å²) in [4.78, 5) is 20.9. The number of benzene rings is 2. The first-order valence-electron chi connectivity index (χ1n) is 9.96. The van der Waals surface area contributed by atoms with Crippen molar-refractivity contribution in [2.45, 2.75) is 13.3 Å². The molecule has 0 aliphatic heterocycles. The van der Waals surface area contributed by atoms with Gasteiger partial charge in [-0.1, -0.05) is 41.9 Å². The molecule has 31 heavy (non-hydrogen) atoms. The summed E-state index contributed by atoms with van der Waals surface area (Å²) in [5.74, 6) is 0.121. The van der Waals surface area contributed by atoms with Gasteiger partial charge in [-0.2, -0.15) is 0 Å². The van der Waals surface area contributed by atoms with Gasteiger partial charge in [0.25, 0.3) is 5.91 Å². The van der Waals surface area contributed by atoms with Gasteiger partial charge >= 0.3 is 0 Å². The zero-order valence-electron chi connectivity index (χ0n) is 17.8. The molecule has 0 fully saturated rings. The van der Waals surface area contributed by atoms with Gasteiger partial charge in [0, 0.05) is 29.4 Å². The lowest BCUT2D eigenvalue weighted by atomic mass is 9.95. The van der Waals surface area contributed by atoms with E-state index in [0.29, 0.717) is 23.1 Å². The molecule has 0 atom stereocenters. The molecule has 0 bridgehead atoms. The number of nitrogens with zero attached hydrogens (tertiary/aromatic N) is 2. The van der Waals surface area contributed by atoms with Crippen LogP contribution in [0.2, 0.25) is 5.02 Å². The van der Waals surface area contributed by atoms with Crippen LogP contribution in [0.3, 0.4) is 0 Å². The molecule has 162 valence electrons.